The van der Waals surface area contributed by atoms with Gasteiger partial charge in [0.05, 0.1) is 31.3 Å². The Bertz CT molecular complexity index is 1020. The lowest BCUT2D eigenvalue weighted by Crippen LogP contribution is -2.49. The Labute approximate surface area is 181 Å². The Morgan fingerprint density at radius 1 is 1.26 bits per heavy atom. The van der Waals surface area contributed by atoms with Gasteiger partial charge in [-0.3, -0.25) is 9.69 Å². The Kier molecular flexibility index (Phi) is 7.42. The standard InChI is InChI=1S/C20H27N5O5S/c1-3-30-20(27)17-12-21-25(16-9-5-4-6-10-16)19(17)22-18(26)14-24-11-7-8-15(13-24)23-31(2,28)29/h4-6,9-10,12,15,23H,3,7-8,11,13-14H2,1-2H3,(H,22,26). The lowest BCUT2D eigenvalue weighted by Gasteiger charge is -2.32. The molecule has 2 aromatic rings. The molecule has 2 heterocycles. The summed E-state index contributed by atoms with van der Waals surface area (Å²) >= 11 is 0. The number of likely N-dealkylation sites (tertiary alicyclic amines) is 1. The van der Waals surface area contributed by atoms with E-state index in [1.165, 1.54) is 10.9 Å². The van der Waals surface area contributed by atoms with Crippen molar-refractivity contribution in [3.8, 4) is 5.69 Å². The number of aromatic nitrogens is 2. The number of nitrogens with zero attached hydrogens (tertiary/aromatic N) is 3. The molecule has 1 amide bonds. The maximum Gasteiger partial charge on any atom is 0.343 e. The monoisotopic (exact) mass is 449 g/mol. The van der Waals surface area contributed by atoms with Gasteiger partial charge in [-0.05, 0) is 38.4 Å². The zero-order chi connectivity index (χ0) is 22.4. The molecule has 11 heteroatoms. The van der Waals surface area contributed by atoms with Crippen LogP contribution in [0.4, 0.5) is 5.82 Å². The van der Waals surface area contributed by atoms with Crippen LogP contribution in [0.25, 0.3) is 5.69 Å². The van der Waals surface area contributed by atoms with Crippen molar-refractivity contribution in [2.75, 3.05) is 37.8 Å². The molecule has 1 unspecified atom stereocenters. The predicted octanol–water partition coefficient (Wildman–Crippen LogP) is 1.00. The van der Waals surface area contributed by atoms with Crippen molar-refractivity contribution in [1.82, 2.24) is 19.4 Å². The van der Waals surface area contributed by atoms with Crippen LogP contribution in [0.5, 0.6) is 0 Å². The van der Waals surface area contributed by atoms with E-state index in [1.807, 2.05) is 35.2 Å². The summed E-state index contributed by atoms with van der Waals surface area (Å²) in [6.07, 6.45) is 3.99. The summed E-state index contributed by atoms with van der Waals surface area (Å²) < 4.78 is 32.2. The minimum atomic E-state index is -3.31. The molecule has 0 bridgehead atoms. The van der Waals surface area contributed by atoms with Crippen molar-refractivity contribution < 1.29 is 22.7 Å². The minimum Gasteiger partial charge on any atom is -0.462 e. The number of sulfonamides is 1. The number of ether oxygens (including phenoxy) is 1. The summed E-state index contributed by atoms with van der Waals surface area (Å²) in [4.78, 5) is 27.0. The maximum absolute atomic E-state index is 12.8. The zero-order valence-corrected chi connectivity index (χ0v) is 18.4. The summed E-state index contributed by atoms with van der Waals surface area (Å²) in [5.74, 6) is -0.670. The van der Waals surface area contributed by atoms with Gasteiger partial charge in [-0.25, -0.2) is 22.6 Å². The normalized spacial score (nSPS) is 17.3. The molecule has 0 saturated carbocycles. The van der Waals surface area contributed by atoms with Crippen molar-refractivity contribution >= 4 is 27.7 Å². The first-order chi connectivity index (χ1) is 14.8. The molecule has 0 radical (unpaired) electrons. The SMILES string of the molecule is CCOC(=O)c1cnn(-c2ccccc2)c1NC(=O)CN1CCCC(NS(C)(=O)=O)C1. The van der Waals surface area contributed by atoms with E-state index in [0.717, 1.165) is 19.1 Å². The third-order valence-corrected chi connectivity index (χ3v) is 5.54. The fourth-order valence-electron chi connectivity index (χ4n) is 3.56. The van der Waals surface area contributed by atoms with Crippen LogP contribution < -0.4 is 10.0 Å². The molecule has 1 aliphatic heterocycles. The van der Waals surface area contributed by atoms with Gasteiger partial charge in [0.1, 0.15) is 5.56 Å². The van der Waals surface area contributed by atoms with E-state index in [4.69, 9.17) is 4.74 Å². The summed E-state index contributed by atoms with van der Waals surface area (Å²) in [5.41, 5.74) is 0.845. The number of piperidine rings is 1. The molecule has 168 valence electrons. The van der Waals surface area contributed by atoms with E-state index in [1.54, 1.807) is 6.92 Å². The molecule has 2 N–H and O–H groups in total. The van der Waals surface area contributed by atoms with Crippen LogP contribution in [0, 0.1) is 0 Å². The molecule has 0 spiro atoms. The molecule has 1 saturated heterocycles. The van der Waals surface area contributed by atoms with Crippen LogP contribution in [0.3, 0.4) is 0 Å². The summed E-state index contributed by atoms with van der Waals surface area (Å²) in [5, 5.41) is 7.04. The Hall–Kier alpha value is -2.76. The minimum absolute atomic E-state index is 0.0597. The van der Waals surface area contributed by atoms with Gasteiger partial charge in [-0.1, -0.05) is 18.2 Å². The van der Waals surface area contributed by atoms with E-state index in [9.17, 15) is 18.0 Å². The largest absolute Gasteiger partial charge is 0.462 e. The first-order valence-corrected chi connectivity index (χ1v) is 12.0. The second kappa shape index (κ2) is 10.0. The number of carbonyl (C=O) groups is 2. The highest BCUT2D eigenvalue weighted by Crippen LogP contribution is 2.21. The van der Waals surface area contributed by atoms with E-state index in [0.29, 0.717) is 18.8 Å². The molecule has 0 aliphatic carbocycles. The molecule has 1 aliphatic rings. The van der Waals surface area contributed by atoms with Gasteiger partial charge < -0.3 is 10.1 Å². The number of amides is 1. The number of anilines is 1. The molecule has 1 atom stereocenters. The molecule has 1 fully saturated rings. The van der Waals surface area contributed by atoms with Crippen LogP contribution in [-0.4, -0.2) is 73.5 Å². The summed E-state index contributed by atoms with van der Waals surface area (Å²) in [7, 11) is -3.31. The van der Waals surface area contributed by atoms with E-state index in [-0.39, 0.29) is 36.5 Å². The summed E-state index contributed by atoms with van der Waals surface area (Å²) in [6, 6.07) is 8.90. The van der Waals surface area contributed by atoms with Crippen LogP contribution in [0.2, 0.25) is 0 Å². The number of nitrogens with one attached hydrogen (secondary N) is 2. The lowest BCUT2D eigenvalue weighted by atomic mass is 10.1. The highest BCUT2D eigenvalue weighted by molar-refractivity contribution is 7.88. The highest BCUT2D eigenvalue weighted by atomic mass is 32.2. The van der Waals surface area contributed by atoms with Crippen molar-refractivity contribution in [2.45, 2.75) is 25.8 Å². The quantitative estimate of drug-likeness (QED) is 0.577. The second-order valence-electron chi connectivity index (χ2n) is 7.39. The lowest BCUT2D eigenvalue weighted by molar-refractivity contribution is -0.117. The average Bonchev–Trinajstić information content (AvgIpc) is 3.11. The van der Waals surface area contributed by atoms with E-state index < -0.39 is 16.0 Å². The van der Waals surface area contributed by atoms with E-state index >= 15 is 0 Å². The smallest absolute Gasteiger partial charge is 0.343 e. The van der Waals surface area contributed by atoms with Crippen LogP contribution >= 0.6 is 0 Å². The molecule has 10 nitrogen and oxygen atoms in total. The third-order valence-electron chi connectivity index (χ3n) is 4.78. The molecular formula is C20H27N5O5S. The van der Waals surface area contributed by atoms with Gasteiger partial charge in [0.2, 0.25) is 15.9 Å². The van der Waals surface area contributed by atoms with Crippen LogP contribution in [0.15, 0.2) is 36.5 Å². The Morgan fingerprint density at radius 3 is 2.68 bits per heavy atom. The van der Waals surface area contributed by atoms with Crippen molar-refractivity contribution in [3.05, 3.63) is 42.1 Å². The Balaban J connectivity index is 1.75. The number of hydrogen-bond donors (Lipinski definition) is 2. The molecule has 1 aromatic heterocycles. The van der Waals surface area contributed by atoms with E-state index in [2.05, 4.69) is 15.1 Å². The van der Waals surface area contributed by atoms with Crippen molar-refractivity contribution in [3.63, 3.8) is 0 Å². The predicted molar refractivity (Wildman–Crippen MR) is 116 cm³/mol. The van der Waals surface area contributed by atoms with Crippen LogP contribution in [0.1, 0.15) is 30.1 Å². The van der Waals surface area contributed by atoms with Crippen LogP contribution in [-0.2, 0) is 19.6 Å². The van der Waals surface area contributed by atoms with Gasteiger partial charge >= 0.3 is 5.97 Å². The highest BCUT2D eigenvalue weighted by Gasteiger charge is 2.26. The van der Waals surface area contributed by atoms with Gasteiger partial charge in [0, 0.05) is 12.6 Å². The Morgan fingerprint density at radius 2 is 2.00 bits per heavy atom. The van der Waals surface area contributed by atoms with Gasteiger partial charge in [-0.2, -0.15) is 5.10 Å². The number of benzene rings is 1. The maximum atomic E-state index is 12.8. The second-order valence-corrected chi connectivity index (χ2v) is 9.17. The third kappa shape index (κ3) is 6.36. The average molecular weight is 450 g/mol. The van der Waals surface area contributed by atoms with Gasteiger partial charge in [-0.15, -0.1) is 0 Å². The number of esters is 1. The van der Waals surface area contributed by atoms with Crippen molar-refractivity contribution in [1.29, 1.82) is 0 Å². The molecular weight excluding hydrogens is 422 g/mol. The summed E-state index contributed by atoms with van der Waals surface area (Å²) in [6.45, 7) is 3.08. The van der Waals surface area contributed by atoms with Gasteiger partial charge in [0.15, 0.2) is 5.82 Å². The zero-order valence-electron chi connectivity index (χ0n) is 17.6. The first kappa shape index (κ1) is 22.9. The molecule has 1 aromatic carbocycles. The number of rotatable bonds is 8. The first-order valence-electron chi connectivity index (χ1n) is 10.1. The number of hydrogen-bond acceptors (Lipinski definition) is 7. The molecule has 3 rings (SSSR count). The molecule has 31 heavy (non-hydrogen) atoms. The van der Waals surface area contributed by atoms with Gasteiger partial charge in [0.25, 0.3) is 0 Å². The van der Waals surface area contributed by atoms with Crippen molar-refractivity contribution in [2.24, 2.45) is 0 Å². The fraction of sp³-hybridized carbons (Fsp3) is 0.450. The number of carbonyl (C=O) groups excluding carboxylic acids is 2. The number of para-hydroxylation sites is 1. The fourth-order valence-corrected chi connectivity index (χ4v) is 4.36. The topological polar surface area (TPSA) is 123 Å².